The van der Waals surface area contributed by atoms with Crippen molar-refractivity contribution in [3.63, 3.8) is 0 Å². The van der Waals surface area contributed by atoms with Crippen LogP contribution >= 0.6 is 0 Å². The van der Waals surface area contributed by atoms with Gasteiger partial charge >= 0.3 is 6.03 Å². The predicted molar refractivity (Wildman–Crippen MR) is 96.7 cm³/mol. The molecule has 1 aliphatic rings. The fraction of sp³-hybridized carbons (Fsp3) is 0.350. The van der Waals surface area contributed by atoms with Crippen molar-refractivity contribution < 1.29 is 14.3 Å². The first kappa shape index (κ1) is 17.3. The minimum Gasteiger partial charge on any atom is -0.457 e. The van der Waals surface area contributed by atoms with Crippen LogP contribution in [0.1, 0.15) is 12.0 Å². The summed E-state index contributed by atoms with van der Waals surface area (Å²) < 4.78 is 11.3. The number of benzene rings is 2. The Kier molecular flexibility index (Phi) is 5.90. The van der Waals surface area contributed by atoms with E-state index in [0.29, 0.717) is 19.0 Å². The summed E-state index contributed by atoms with van der Waals surface area (Å²) in [5.41, 5.74) is 0.942. The Morgan fingerprint density at radius 1 is 1.20 bits per heavy atom. The van der Waals surface area contributed by atoms with Crippen molar-refractivity contribution in [3.8, 4) is 11.5 Å². The van der Waals surface area contributed by atoms with Gasteiger partial charge in [-0.25, -0.2) is 4.79 Å². The molecule has 0 saturated carbocycles. The maximum Gasteiger partial charge on any atom is 0.317 e. The summed E-state index contributed by atoms with van der Waals surface area (Å²) in [6.45, 7) is 2.68. The summed E-state index contributed by atoms with van der Waals surface area (Å²) in [5, 5.41) is 2.97. The summed E-state index contributed by atoms with van der Waals surface area (Å²) in [5.74, 6) is 1.96. The number of nitrogens with zero attached hydrogens (tertiary/aromatic N) is 1. The molecule has 132 valence electrons. The number of nitrogens with one attached hydrogen (secondary N) is 1. The lowest BCUT2D eigenvalue weighted by atomic mass is 10.1. The molecule has 1 N–H and O–H groups in total. The number of urea groups is 1. The number of hydrogen-bond acceptors (Lipinski definition) is 3. The quantitative estimate of drug-likeness (QED) is 0.873. The van der Waals surface area contributed by atoms with E-state index in [9.17, 15) is 4.79 Å². The maximum absolute atomic E-state index is 12.3. The van der Waals surface area contributed by atoms with Gasteiger partial charge in [0.1, 0.15) is 11.5 Å². The average Bonchev–Trinajstić information content (AvgIpc) is 3.14. The second-order valence-corrected chi connectivity index (χ2v) is 6.29. The molecule has 1 aliphatic heterocycles. The highest BCUT2D eigenvalue weighted by Gasteiger charge is 2.20. The summed E-state index contributed by atoms with van der Waals surface area (Å²) >= 11 is 0. The van der Waals surface area contributed by atoms with Crippen LogP contribution < -0.4 is 10.1 Å². The monoisotopic (exact) mass is 340 g/mol. The first-order valence-electron chi connectivity index (χ1n) is 8.60. The largest absolute Gasteiger partial charge is 0.457 e. The number of carbonyl (C=O) groups is 1. The van der Waals surface area contributed by atoms with Gasteiger partial charge in [-0.05, 0) is 24.6 Å². The van der Waals surface area contributed by atoms with Gasteiger partial charge < -0.3 is 19.7 Å². The number of hydrogen-bond donors (Lipinski definition) is 1. The molecule has 2 aromatic carbocycles. The van der Waals surface area contributed by atoms with Gasteiger partial charge in [-0.1, -0.05) is 36.4 Å². The lowest BCUT2D eigenvalue weighted by Gasteiger charge is -2.21. The Morgan fingerprint density at radius 2 is 1.96 bits per heavy atom. The molecule has 1 atom stereocenters. The van der Waals surface area contributed by atoms with Crippen molar-refractivity contribution >= 4 is 6.03 Å². The van der Waals surface area contributed by atoms with E-state index < -0.39 is 0 Å². The first-order valence-corrected chi connectivity index (χ1v) is 8.60. The third kappa shape index (κ3) is 4.97. The molecule has 5 nitrogen and oxygen atoms in total. The van der Waals surface area contributed by atoms with Crippen molar-refractivity contribution in [1.82, 2.24) is 10.2 Å². The van der Waals surface area contributed by atoms with Gasteiger partial charge in [0, 0.05) is 38.2 Å². The number of carbonyl (C=O) groups excluding carboxylic acids is 1. The molecule has 1 heterocycles. The Balaban J connectivity index is 1.56. The Bertz CT molecular complexity index is 684. The molecule has 2 amide bonds. The zero-order valence-electron chi connectivity index (χ0n) is 14.5. The van der Waals surface area contributed by atoms with Crippen molar-refractivity contribution in [2.45, 2.75) is 13.0 Å². The highest BCUT2D eigenvalue weighted by atomic mass is 16.5. The van der Waals surface area contributed by atoms with E-state index in [0.717, 1.165) is 36.7 Å². The van der Waals surface area contributed by atoms with Crippen molar-refractivity contribution in [2.75, 3.05) is 26.8 Å². The van der Waals surface area contributed by atoms with Crippen LogP contribution in [0.4, 0.5) is 4.79 Å². The maximum atomic E-state index is 12.3. The van der Waals surface area contributed by atoms with E-state index in [1.165, 1.54) is 0 Å². The highest BCUT2D eigenvalue weighted by molar-refractivity contribution is 5.73. The van der Waals surface area contributed by atoms with E-state index in [4.69, 9.17) is 9.47 Å². The standard InChI is InChI=1S/C20H24N2O3/c1-22(14-16-11-12-24-15-16)20(23)21-13-17-7-5-6-10-19(17)25-18-8-3-2-4-9-18/h2-10,16H,11-15H2,1H3,(H,21,23)/t16-/m1/s1. The van der Waals surface area contributed by atoms with Gasteiger partial charge in [-0.3, -0.25) is 0 Å². The molecule has 0 aliphatic carbocycles. The van der Waals surface area contributed by atoms with Crippen LogP contribution in [0, 0.1) is 5.92 Å². The predicted octanol–water partition coefficient (Wildman–Crippen LogP) is 3.66. The van der Waals surface area contributed by atoms with Gasteiger partial charge in [-0.15, -0.1) is 0 Å². The highest BCUT2D eigenvalue weighted by Crippen LogP contribution is 2.25. The van der Waals surface area contributed by atoms with E-state index in [-0.39, 0.29) is 6.03 Å². The lowest BCUT2D eigenvalue weighted by Crippen LogP contribution is -2.39. The van der Waals surface area contributed by atoms with Crippen LogP contribution in [-0.4, -0.2) is 37.7 Å². The number of ether oxygens (including phenoxy) is 2. The van der Waals surface area contributed by atoms with Gasteiger partial charge in [0.25, 0.3) is 0 Å². The zero-order chi connectivity index (χ0) is 17.5. The van der Waals surface area contributed by atoms with E-state index >= 15 is 0 Å². The molecule has 3 rings (SSSR count). The van der Waals surface area contributed by atoms with Crippen molar-refractivity contribution in [3.05, 3.63) is 60.2 Å². The van der Waals surface area contributed by atoms with Crippen LogP contribution in [-0.2, 0) is 11.3 Å². The van der Waals surface area contributed by atoms with Crippen LogP contribution in [0.3, 0.4) is 0 Å². The smallest absolute Gasteiger partial charge is 0.317 e. The van der Waals surface area contributed by atoms with Crippen LogP contribution in [0.25, 0.3) is 0 Å². The summed E-state index contributed by atoms with van der Waals surface area (Å²) in [4.78, 5) is 14.0. The Hall–Kier alpha value is -2.53. The van der Waals surface area contributed by atoms with Crippen LogP contribution in [0.15, 0.2) is 54.6 Å². The van der Waals surface area contributed by atoms with Gasteiger partial charge in [0.05, 0.1) is 6.61 Å². The molecule has 5 heteroatoms. The lowest BCUT2D eigenvalue weighted by molar-refractivity contribution is 0.171. The van der Waals surface area contributed by atoms with Crippen molar-refractivity contribution in [2.24, 2.45) is 5.92 Å². The topological polar surface area (TPSA) is 50.8 Å². The molecular formula is C20H24N2O3. The minimum atomic E-state index is -0.0820. The molecule has 0 bridgehead atoms. The van der Waals surface area contributed by atoms with Crippen molar-refractivity contribution in [1.29, 1.82) is 0 Å². The number of rotatable bonds is 6. The molecule has 0 aromatic heterocycles. The van der Waals surface area contributed by atoms with Crippen LogP contribution in [0.5, 0.6) is 11.5 Å². The average molecular weight is 340 g/mol. The fourth-order valence-electron chi connectivity index (χ4n) is 2.87. The fourth-order valence-corrected chi connectivity index (χ4v) is 2.87. The second-order valence-electron chi connectivity index (χ2n) is 6.29. The Labute approximate surface area is 148 Å². The van der Waals surface area contributed by atoms with Gasteiger partial charge in [0.15, 0.2) is 0 Å². The minimum absolute atomic E-state index is 0.0820. The molecule has 0 spiro atoms. The number of para-hydroxylation sites is 2. The third-order valence-corrected chi connectivity index (χ3v) is 4.28. The van der Waals surface area contributed by atoms with E-state index in [1.807, 2.05) is 61.6 Å². The molecule has 2 aromatic rings. The molecule has 0 unspecified atom stereocenters. The summed E-state index contributed by atoms with van der Waals surface area (Å²) in [7, 11) is 1.82. The first-order chi connectivity index (χ1) is 12.2. The second kappa shape index (κ2) is 8.53. The molecule has 1 saturated heterocycles. The zero-order valence-corrected chi connectivity index (χ0v) is 14.5. The summed E-state index contributed by atoms with van der Waals surface area (Å²) in [6.07, 6.45) is 1.02. The SMILES string of the molecule is CN(C[C@H]1CCOC1)C(=O)NCc1ccccc1Oc1ccccc1. The van der Waals surface area contributed by atoms with Gasteiger partial charge in [0.2, 0.25) is 0 Å². The summed E-state index contributed by atoms with van der Waals surface area (Å²) in [6, 6.07) is 17.3. The molecular weight excluding hydrogens is 316 g/mol. The van der Waals surface area contributed by atoms with E-state index in [1.54, 1.807) is 4.90 Å². The van der Waals surface area contributed by atoms with Gasteiger partial charge in [-0.2, -0.15) is 0 Å². The number of amides is 2. The van der Waals surface area contributed by atoms with Crippen LogP contribution in [0.2, 0.25) is 0 Å². The molecule has 25 heavy (non-hydrogen) atoms. The normalized spacial score (nSPS) is 16.4. The Morgan fingerprint density at radius 3 is 2.72 bits per heavy atom. The molecule has 1 fully saturated rings. The molecule has 0 radical (unpaired) electrons. The van der Waals surface area contributed by atoms with E-state index in [2.05, 4.69) is 5.32 Å². The third-order valence-electron chi connectivity index (χ3n) is 4.28.